The van der Waals surface area contributed by atoms with Crippen LogP contribution in [0.4, 0.5) is 17.6 Å². The zero-order valence-electron chi connectivity index (χ0n) is 13.7. The lowest BCUT2D eigenvalue weighted by atomic mass is 10.2. The van der Waals surface area contributed by atoms with E-state index in [1.54, 1.807) is 24.5 Å². The molecule has 0 saturated heterocycles. The Kier molecular flexibility index (Phi) is 3.38. The first kappa shape index (κ1) is 16.3. The monoisotopic (exact) mass is 385 g/mol. The molecule has 0 N–H and O–H groups in total. The fourth-order valence-electron chi connectivity index (χ4n) is 2.85. The number of aromatic nitrogens is 7. The second-order valence-electron chi connectivity index (χ2n) is 5.79. The van der Waals surface area contributed by atoms with Crippen LogP contribution in [-0.2, 0) is 0 Å². The van der Waals surface area contributed by atoms with E-state index in [1.807, 2.05) is 0 Å². The van der Waals surface area contributed by atoms with Crippen LogP contribution in [0.15, 0.2) is 43.1 Å². The maximum absolute atomic E-state index is 14.2. The Morgan fingerprint density at radius 2 is 1.61 bits per heavy atom. The predicted molar refractivity (Wildman–Crippen MR) is 88.5 cm³/mol. The first-order chi connectivity index (χ1) is 13.5. The number of nitrogens with zero attached hydrogens (tertiary/aromatic N) is 7. The normalized spacial score (nSPS) is 11.6. The van der Waals surface area contributed by atoms with Crippen molar-refractivity contribution in [2.75, 3.05) is 0 Å². The van der Waals surface area contributed by atoms with Crippen molar-refractivity contribution in [1.82, 2.24) is 34.3 Å². The van der Waals surface area contributed by atoms with Crippen molar-refractivity contribution in [2.24, 2.45) is 0 Å². The highest BCUT2D eigenvalue weighted by Gasteiger charge is 2.24. The lowest BCUT2D eigenvalue weighted by molar-refractivity contribution is 0.445. The van der Waals surface area contributed by atoms with Crippen LogP contribution in [0.25, 0.3) is 33.8 Å². The van der Waals surface area contributed by atoms with Crippen LogP contribution in [0, 0.1) is 23.3 Å². The molecule has 4 heterocycles. The van der Waals surface area contributed by atoms with Gasteiger partial charge < -0.3 is 0 Å². The molecule has 0 aliphatic carbocycles. The molecular formula is C17H7F4N7. The minimum atomic E-state index is -1.58. The van der Waals surface area contributed by atoms with Crippen LogP contribution in [0.5, 0.6) is 0 Å². The topological polar surface area (TPSA) is 73.8 Å². The molecule has 0 aliphatic rings. The van der Waals surface area contributed by atoms with Crippen molar-refractivity contribution in [1.29, 1.82) is 0 Å². The molecule has 0 bridgehead atoms. The summed E-state index contributed by atoms with van der Waals surface area (Å²) >= 11 is 0. The van der Waals surface area contributed by atoms with Crippen LogP contribution >= 0.6 is 0 Å². The quantitative estimate of drug-likeness (QED) is 0.345. The number of rotatable bonds is 2. The molecule has 5 aromatic rings. The molecule has 138 valence electrons. The third-order valence-electron chi connectivity index (χ3n) is 4.14. The molecule has 1 aromatic carbocycles. The van der Waals surface area contributed by atoms with E-state index in [1.165, 1.54) is 17.0 Å². The Bertz CT molecular complexity index is 1330. The fraction of sp³-hybridized carbons (Fsp3) is 0. The van der Waals surface area contributed by atoms with E-state index in [4.69, 9.17) is 0 Å². The van der Waals surface area contributed by atoms with Crippen molar-refractivity contribution in [3.63, 3.8) is 0 Å². The molecule has 28 heavy (non-hydrogen) atoms. The predicted octanol–water partition coefficient (Wildman–Crippen LogP) is 3.08. The standard InChI is InChI=1S/C17H7F4N7/c18-10-5-11(19)13(21)14(12(10)20)28-16-9(6-24-28)17-25-15(26-27(17)7-23-16)8-1-3-22-4-2-8/h1-7H. The Balaban J connectivity index is 1.77. The Hall–Kier alpha value is -3.89. The number of hydrogen-bond donors (Lipinski definition) is 0. The summed E-state index contributed by atoms with van der Waals surface area (Å²) in [5, 5.41) is 8.43. The first-order valence-corrected chi connectivity index (χ1v) is 7.87. The third-order valence-corrected chi connectivity index (χ3v) is 4.14. The number of benzene rings is 1. The Morgan fingerprint density at radius 3 is 2.32 bits per heavy atom. The molecule has 0 amide bonds. The Morgan fingerprint density at radius 1 is 0.893 bits per heavy atom. The van der Waals surface area contributed by atoms with Gasteiger partial charge >= 0.3 is 0 Å². The zero-order chi connectivity index (χ0) is 19.4. The zero-order valence-corrected chi connectivity index (χ0v) is 13.7. The highest BCUT2D eigenvalue weighted by atomic mass is 19.2. The number of fused-ring (bicyclic) bond motifs is 3. The number of halogens is 4. The van der Waals surface area contributed by atoms with Gasteiger partial charge in [0.05, 0.1) is 11.6 Å². The van der Waals surface area contributed by atoms with E-state index in [0.717, 1.165) is 0 Å². The van der Waals surface area contributed by atoms with Gasteiger partial charge in [-0.3, -0.25) is 4.98 Å². The average Bonchev–Trinajstić information content (AvgIpc) is 3.31. The van der Waals surface area contributed by atoms with Gasteiger partial charge in [0.2, 0.25) is 0 Å². The molecule has 11 heteroatoms. The van der Waals surface area contributed by atoms with Gasteiger partial charge in [-0.2, -0.15) is 5.10 Å². The average molecular weight is 385 g/mol. The van der Waals surface area contributed by atoms with Crippen molar-refractivity contribution in [2.45, 2.75) is 0 Å². The molecule has 0 spiro atoms. The molecule has 0 fully saturated rings. The molecule has 0 atom stereocenters. The van der Waals surface area contributed by atoms with Crippen LogP contribution in [0.3, 0.4) is 0 Å². The van der Waals surface area contributed by atoms with E-state index >= 15 is 0 Å². The summed E-state index contributed by atoms with van der Waals surface area (Å²) in [6, 6.07) is 3.55. The van der Waals surface area contributed by atoms with Crippen LogP contribution < -0.4 is 0 Å². The minimum Gasteiger partial charge on any atom is -0.265 e. The van der Waals surface area contributed by atoms with Crippen molar-refractivity contribution in [3.05, 3.63) is 66.4 Å². The maximum atomic E-state index is 14.2. The van der Waals surface area contributed by atoms with Gasteiger partial charge in [-0.05, 0) is 12.1 Å². The molecule has 0 saturated carbocycles. The second-order valence-corrected chi connectivity index (χ2v) is 5.79. The minimum absolute atomic E-state index is 0.0380. The van der Waals surface area contributed by atoms with Crippen LogP contribution in [0.1, 0.15) is 0 Å². The molecule has 0 aliphatic heterocycles. The van der Waals surface area contributed by atoms with Crippen molar-refractivity contribution in [3.8, 4) is 17.1 Å². The van der Waals surface area contributed by atoms with Gasteiger partial charge in [-0.25, -0.2) is 36.7 Å². The summed E-state index contributed by atoms with van der Waals surface area (Å²) in [6.07, 6.45) is 5.66. The number of pyridine rings is 1. The van der Waals surface area contributed by atoms with E-state index in [2.05, 4.69) is 25.1 Å². The van der Waals surface area contributed by atoms with Crippen molar-refractivity contribution < 1.29 is 17.6 Å². The summed E-state index contributed by atoms with van der Waals surface area (Å²) in [5.74, 6) is -5.87. The van der Waals surface area contributed by atoms with Crippen LogP contribution in [0.2, 0.25) is 0 Å². The molecule has 0 unspecified atom stereocenters. The van der Waals surface area contributed by atoms with E-state index < -0.39 is 29.0 Å². The lowest BCUT2D eigenvalue weighted by Gasteiger charge is -2.07. The fourth-order valence-corrected chi connectivity index (χ4v) is 2.85. The van der Waals surface area contributed by atoms with E-state index in [0.29, 0.717) is 27.1 Å². The summed E-state index contributed by atoms with van der Waals surface area (Å²) < 4.78 is 57.5. The second kappa shape index (κ2) is 5.81. The van der Waals surface area contributed by atoms with Gasteiger partial charge in [-0.15, -0.1) is 5.10 Å². The van der Waals surface area contributed by atoms with Gasteiger partial charge in [-0.1, -0.05) is 0 Å². The van der Waals surface area contributed by atoms with E-state index in [9.17, 15) is 17.6 Å². The third kappa shape index (κ3) is 2.25. The maximum Gasteiger partial charge on any atom is 0.187 e. The largest absolute Gasteiger partial charge is 0.265 e. The van der Waals surface area contributed by atoms with Gasteiger partial charge in [0.1, 0.15) is 12.0 Å². The molecule has 5 rings (SSSR count). The van der Waals surface area contributed by atoms with Crippen molar-refractivity contribution >= 4 is 16.7 Å². The lowest BCUT2D eigenvalue weighted by Crippen LogP contribution is -2.08. The SMILES string of the molecule is Fc1cc(F)c(F)c(-n2ncc3c2ncn2nc(-c4ccncc4)nc32)c1F. The Labute approximate surface area is 152 Å². The summed E-state index contributed by atoms with van der Waals surface area (Å²) in [7, 11) is 0. The highest BCUT2D eigenvalue weighted by molar-refractivity contribution is 5.90. The summed E-state index contributed by atoms with van der Waals surface area (Å²) in [6.45, 7) is 0. The van der Waals surface area contributed by atoms with Crippen LogP contribution in [-0.4, -0.2) is 34.3 Å². The van der Waals surface area contributed by atoms with E-state index in [-0.39, 0.29) is 11.7 Å². The first-order valence-electron chi connectivity index (χ1n) is 7.87. The smallest absolute Gasteiger partial charge is 0.187 e. The van der Waals surface area contributed by atoms with Gasteiger partial charge in [0.25, 0.3) is 0 Å². The number of hydrogen-bond acceptors (Lipinski definition) is 5. The van der Waals surface area contributed by atoms with Gasteiger partial charge in [0.15, 0.2) is 40.4 Å². The summed E-state index contributed by atoms with van der Waals surface area (Å²) in [5.41, 5.74) is -0.0357. The molecule has 4 aromatic heterocycles. The van der Waals surface area contributed by atoms with Gasteiger partial charge in [0, 0.05) is 24.0 Å². The summed E-state index contributed by atoms with van der Waals surface area (Å²) in [4.78, 5) is 12.4. The molecule has 0 radical (unpaired) electrons. The molecular weight excluding hydrogens is 378 g/mol. The molecule has 7 nitrogen and oxygen atoms in total. The highest BCUT2D eigenvalue weighted by Crippen LogP contribution is 2.27.